The molecule has 3 rings (SSSR count). The van der Waals surface area contributed by atoms with Crippen LogP contribution in [0.3, 0.4) is 0 Å². The Labute approximate surface area is 144 Å². The summed E-state index contributed by atoms with van der Waals surface area (Å²) in [6.45, 7) is 3.06. The third-order valence-electron chi connectivity index (χ3n) is 5.31. The first-order valence-corrected chi connectivity index (χ1v) is 8.96. The van der Waals surface area contributed by atoms with E-state index in [1.54, 1.807) is 7.11 Å². The summed E-state index contributed by atoms with van der Waals surface area (Å²) in [6, 6.07) is 10.3. The number of carbonyl (C=O) groups excluding carboxylic acids is 1. The van der Waals surface area contributed by atoms with Crippen LogP contribution in [0.2, 0.25) is 0 Å². The Morgan fingerprint density at radius 2 is 2.08 bits per heavy atom. The van der Waals surface area contributed by atoms with Gasteiger partial charge in [0.05, 0.1) is 6.10 Å². The van der Waals surface area contributed by atoms with Crippen LogP contribution in [0.4, 0.5) is 0 Å². The molecule has 2 atom stereocenters. The summed E-state index contributed by atoms with van der Waals surface area (Å²) < 4.78 is 11.6. The minimum absolute atomic E-state index is 0.0175. The van der Waals surface area contributed by atoms with Gasteiger partial charge in [0, 0.05) is 26.2 Å². The lowest BCUT2D eigenvalue weighted by molar-refractivity contribution is -0.147. The third kappa shape index (κ3) is 3.79. The highest BCUT2D eigenvalue weighted by Gasteiger charge is 2.40. The van der Waals surface area contributed by atoms with E-state index in [1.165, 1.54) is 5.56 Å². The SMILES string of the molecule is COC1(C(=O)NCC2CCCOC2c2ccccc2)CCNCC1. The quantitative estimate of drug-likeness (QED) is 0.866. The van der Waals surface area contributed by atoms with Crippen molar-refractivity contribution in [2.24, 2.45) is 5.92 Å². The predicted octanol–water partition coefficient (Wildman–Crippen LogP) is 2.04. The fourth-order valence-corrected chi connectivity index (χ4v) is 3.80. The summed E-state index contributed by atoms with van der Waals surface area (Å²) >= 11 is 0. The number of ether oxygens (including phenoxy) is 2. The standard InChI is InChI=1S/C19H28N2O3/c1-23-19(9-11-20-12-10-19)18(22)21-14-16-8-5-13-24-17(16)15-6-3-2-4-7-15/h2-4,6-7,16-17,20H,5,8-14H2,1H3,(H,21,22). The van der Waals surface area contributed by atoms with Gasteiger partial charge in [-0.15, -0.1) is 0 Å². The van der Waals surface area contributed by atoms with Gasteiger partial charge >= 0.3 is 0 Å². The normalized spacial score (nSPS) is 26.7. The van der Waals surface area contributed by atoms with E-state index in [-0.39, 0.29) is 12.0 Å². The summed E-state index contributed by atoms with van der Waals surface area (Å²) in [4.78, 5) is 12.7. The zero-order valence-corrected chi connectivity index (χ0v) is 14.4. The third-order valence-corrected chi connectivity index (χ3v) is 5.31. The van der Waals surface area contributed by atoms with Gasteiger partial charge in [-0.05, 0) is 44.3 Å². The van der Waals surface area contributed by atoms with Crippen molar-refractivity contribution < 1.29 is 14.3 Å². The first kappa shape index (κ1) is 17.4. The molecule has 2 saturated heterocycles. The zero-order chi connectivity index (χ0) is 16.8. The van der Waals surface area contributed by atoms with E-state index in [1.807, 2.05) is 18.2 Å². The summed E-state index contributed by atoms with van der Waals surface area (Å²) in [5, 5.41) is 6.42. The van der Waals surface area contributed by atoms with Gasteiger partial charge in [-0.25, -0.2) is 0 Å². The number of benzene rings is 1. The molecule has 5 nitrogen and oxygen atoms in total. The average molecular weight is 332 g/mol. The van der Waals surface area contributed by atoms with Gasteiger partial charge in [-0.3, -0.25) is 4.79 Å². The number of carbonyl (C=O) groups is 1. The largest absolute Gasteiger partial charge is 0.373 e. The molecule has 0 aromatic heterocycles. The van der Waals surface area contributed by atoms with E-state index < -0.39 is 5.60 Å². The Hall–Kier alpha value is -1.43. The molecule has 2 fully saturated rings. The van der Waals surface area contributed by atoms with Gasteiger partial charge in [0.1, 0.15) is 5.60 Å². The highest BCUT2D eigenvalue weighted by Crippen LogP contribution is 2.33. The van der Waals surface area contributed by atoms with Crippen molar-refractivity contribution in [1.82, 2.24) is 10.6 Å². The van der Waals surface area contributed by atoms with Crippen LogP contribution in [0.15, 0.2) is 30.3 Å². The van der Waals surface area contributed by atoms with Crippen LogP contribution in [-0.4, -0.2) is 44.9 Å². The number of hydrogen-bond acceptors (Lipinski definition) is 4. The Morgan fingerprint density at radius 1 is 1.33 bits per heavy atom. The lowest BCUT2D eigenvalue weighted by Gasteiger charge is -2.36. The maximum Gasteiger partial charge on any atom is 0.252 e. The molecule has 5 heteroatoms. The highest BCUT2D eigenvalue weighted by atomic mass is 16.5. The molecule has 2 aliphatic rings. The maximum absolute atomic E-state index is 12.7. The average Bonchev–Trinajstić information content (AvgIpc) is 2.67. The Bertz CT molecular complexity index is 529. The molecule has 0 spiro atoms. The van der Waals surface area contributed by atoms with Gasteiger partial charge in [0.25, 0.3) is 5.91 Å². The maximum atomic E-state index is 12.7. The fourth-order valence-electron chi connectivity index (χ4n) is 3.80. The summed E-state index contributed by atoms with van der Waals surface area (Å²) in [5.41, 5.74) is 0.517. The molecule has 1 aromatic rings. The van der Waals surface area contributed by atoms with Crippen molar-refractivity contribution in [2.45, 2.75) is 37.4 Å². The molecular formula is C19H28N2O3. The predicted molar refractivity (Wildman–Crippen MR) is 92.7 cm³/mol. The molecule has 0 aliphatic carbocycles. The van der Waals surface area contributed by atoms with Crippen LogP contribution >= 0.6 is 0 Å². The number of amides is 1. The molecule has 2 unspecified atom stereocenters. The van der Waals surface area contributed by atoms with E-state index in [4.69, 9.17) is 9.47 Å². The zero-order valence-electron chi connectivity index (χ0n) is 14.4. The molecule has 2 N–H and O–H groups in total. The van der Waals surface area contributed by atoms with E-state index in [9.17, 15) is 4.79 Å². The molecule has 0 saturated carbocycles. The lowest BCUT2D eigenvalue weighted by atomic mass is 9.88. The van der Waals surface area contributed by atoms with Gasteiger partial charge in [0.2, 0.25) is 0 Å². The molecule has 1 aromatic carbocycles. The van der Waals surface area contributed by atoms with Gasteiger partial charge < -0.3 is 20.1 Å². The van der Waals surface area contributed by atoms with Crippen molar-refractivity contribution in [3.63, 3.8) is 0 Å². The van der Waals surface area contributed by atoms with Crippen LogP contribution in [0.25, 0.3) is 0 Å². The second kappa shape index (κ2) is 8.10. The molecule has 132 valence electrons. The number of piperidine rings is 1. The number of hydrogen-bond donors (Lipinski definition) is 2. The monoisotopic (exact) mass is 332 g/mol. The fraction of sp³-hybridized carbons (Fsp3) is 0.632. The van der Waals surface area contributed by atoms with E-state index >= 15 is 0 Å². The van der Waals surface area contributed by atoms with Crippen LogP contribution in [0.1, 0.15) is 37.4 Å². The number of rotatable bonds is 5. The van der Waals surface area contributed by atoms with Crippen molar-refractivity contribution in [3.05, 3.63) is 35.9 Å². The van der Waals surface area contributed by atoms with E-state index in [2.05, 4.69) is 22.8 Å². The smallest absolute Gasteiger partial charge is 0.252 e. The molecule has 2 heterocycles. The van der Waals surface area contributed by atoms with Crippen molar-refractivity contribution in [2.75, 3.05) is 33.4 Å². The molecule has 0 radical (unpaired) electrons. The Kier molecular flexibility index (Phi) is 5.87. The highest BCUT2D eigenvalue weighted by molar-refractivity contribution is 5.85. The number of methoxy groups -OCH3 is 1. The first-order chi connectivity index (χ1) is 11.7. The van der Waals surface area contributed by atoms with Crippen molar-refractivity contribution in [1.29, 1.82) is 0 Å². The second-order valence-electron chi connectivity index (χ2n) is 6.76. The van der Waals surface area contributed by atoms with E-state index in [0.29, 0.717) is 12.5 Å². The second-order valence-corrected chi connectivity index (χ2v) is 6.76. The van der Waals surface area contributed by atoms with Crippen LogP contribution in [-0.2, 0) is 14.3 Å². The molecule has 0 bridgehead atoms. The molecular weight excluding hydrogens is 304 g/mol. The Morgan fingerprint density at radius 3 is 2.79 bits per heavy atom. The van der Waals surface area contributed by atoms with Gasteiger partial charge in [-0.1, -0.05) is 30.3 Å². The summed E-state index contributed by atoms with van der Waals surface area (Å²) in [6.07, 6.45) is 3.62. The van der Waals surface area contributed by atoms with E-state index in [0.717, 1.165) is 45.4 Å². The van der Waals surface area contributed by atoms with Gasteiger partial charge in [0.15, 0.2) is 0 Å². The minimum atomic E-state index is -0.678. The lowest BCUT2D eigenvalue weighted by Crippen LogP contribution is -2.55. The minimum Gasteiger partial charge on any atom is -0.373 e. The topological polar surface area (TPSA) is 59.6 Å². The Balaban J connectivity index is 1.62. The molecule has 24 heavy (non-hydrogen) atoms. The van der Waals surface area contributed by atoms with Crippen LogP contribution < -0.4 is 10.6 Å². The molecule has 2 aliphatic heterocycles. The van der Waals surface area contributed by atoms with Crippen molar-refractivity contribution in [3.8, 4) is 0 Å². The van der Waals surface area contributed by atoms with Crippen molar-refractivity contribution >= 4 is 5.91 Å². The van der Waals surface area contributed by atoms with Crippen LogP contribution in [0.5, 0.6) is 0 Å². The first-order valence-electron chi connectivity index (χ1n) is 8.96. The number of nitrogens with one attached hydrogen (secondary N) is 2. The van der Waals surface area contributed by atoms with Crippen LogP contribution in [0, 0.1) is 5.92 Å². The van der Waals surface area contributed by atoms with Gasteiger partial charge in [-0.2, -0.15) is 0 Å². The summed E-state index contributed by atoms with van der Waals surface area (Å²) in [7, 11) is 1.64. The molecule has 1 amide bonds. The summed E-state index contributed by atoms with van der Waals surface area (Å²) in [5.74, 6) is 0.324.